The molecule has 1 nitrogen and oxygen atoms in total. The molecule has 0 aromatic rings. The van der Waals surface area contributed by atoms with Crippen molar-refractivity contribution in [3.63, 3.8) is 0 Å². The van der Waals surface area contributed by atoms with Crippen molar-refractivity contribution in [2.45, 2.75) is 44.9 Å². The van der Waals surface area contributed by atoms with E-state index in [1.807, 2.05) is 6.08 Å². The third kappa shape index (κ3) is 5.09. The maximum Gasteiger partial charge on any atom is 0.0132 e. The van der Waals surface area contributed by atoms with E-state index in [0.29, 0.717) is 0 Å². The van der Waals surface area contributed by atoms with Crippen LogP contribution < -0.4 is 5.32 Å². The molecule has 1 N–H and O–H groups in total. The van der Waals surface area contributed by atoms with Gasteiger partial charge in [0, 0.05) is 6.54 Å². The average Bonchev–Trinajstić information content (AvgIpc) is 2.41. The first-order chi connectivity index (χ1) is 6.43. The van der Waals surface area contributed by atoms with E-state index in [4.69, 9.17) is 0 Å². The Bertz CT molecular complexity index is 123. The van der Waals surface area contributed by atoms with Crippen molar-refractivity contribution in [3.05, 3.63) is 12.7 Å². The molecule has 1 aliphatic carbocycles. The van der Waals surface area contributed by atoms with E-state index in [-0.39, 0.29) is 0 Å². The Hall–Kier alpha value is -0.300. The molecule has 1 rings (SSSR count). The number of hydrogen-bond donors (Lipinski definition) is 1. The van der Waals surface area contributed by atoms with E-state index in [2.05, 4.69) is 11.9 Å². The molecule has 0 amide bonds. The van der Waals surface area contributed by atoms with Gasteiger partial charge in [-0.3, -0.25) is 0 Å². The molecule has 0 bridgehead atoms. The van der Waals surface area contributed by atoms with Crippen molar-refractivity contribution >= 4 is 0 Å². The minimum absolute atomic E-state index is 0.965. The summed E-state index contributed by atoms with van der Waals surface area (Å²) in [5.41, 5.74) is 0. The highest BCUT2D eigenvalue weighted by atomic mass is 14.8. The summed E-state index contributed by atoms with van der Waals surface area (Å²) < 4.78 is 0. The zero-order chi connectivity index (χ0) is 9.36. The summed E-state index contributed by atoms with van der Waals surface area (Å²) in [7, 11) is 0. The molecule has 76 valence electrons. The van der Waals surface area contributed by atoms with Crippen LogP contribution in [-0.2, 0) is 0 Å². The summed E-state index contributed by atoms with van der Waals surface area (Å²) >= 11 is 0. The molecule has 0 aromatic carbocycles. The Kier molecular flexibility index (Phi) is 5.92. The van der Waals surface area contributed by atoms with Crippen molar-refractivity contribution in [1.82, 2.24) is 5.32 Å². The Balaban J connectivity index is 2.01. The number of nitrogens with one attached hydrogen (secondary N) is 1. The summed E-state index contributed by atoms with van der Waals surface area (Å²) in [6, 6.07) is 0. The molecule has 1 aliphatic rings. The Labute approximate surface area is 82.6 Å². The lowest BCUT2D eigenvalue weighted by atomic mass is 9.97. The molecular weight excluding hydrogens is 158 g/mol. The van der Waals surface area contributed by atoms with Crippen LogP contribution in [0, 0.1) is 5.92 Å². The van der Waals surface area contributed by atoms with E-state index in [1.54, 1.807) is 0 Å². The zero-order valence-electron chi connectivity index (χ0n) is 8.73. The molecule has 1 heteroatoms. The predicted molar refractivity (Wildman–Crippen MR) is 58.9 cm³/mol. The molecular formula is C12H23N. The van der Waals surface area contributed by atoms with Crippen molar-refractivity contribution in [2.75, 3.05) is 13.1 Å². The zero-order valence-corrected chi connectivity index (χ0v) is 8.73. The largest absolute Gasteiger partial charge is 0.313 e. The fraction of sp³-hybridized carbons (Fsp3) is 0.833. The third-order valence-electron chi connectivity index (χ3n) is 2.99. The van der Waals surface area contributed by atoms with Crippen molar-refractivity contribution in [3.8, 4) is 0 Å². The molecule has 0 unspecified atom stereocenters. The molecule has 0 saturated heterocycles. The van der Waals surface area contributed by atoms with E-state index in [1.165, 1.54) is 51.5 Å². The molecule has 0 radical (unpaired) electrons. The lowest BCUT2D eigenvalue weighted by Crippen LogP contribution is -2.17. The van der Waals surface area contributed by atoms with Crippen LogP contribution in [0.2, 0.25) is 0 Å². The molecule has 0 aliphatic heterocycles. The van der Waals surface area contributed by atoms with Gasteiger partial charge in [0.1, 0.15) is 0 Å². The second kappa shape index (κ2) is 7.14. The van der Waals surface area contributed by atoms with Crippen LogP contribution in [-0.4, -0.2) is 13.1 Å². The highest BCUT2D eigenvalue weighted by Gasteiger charge is 2.10. The standard InChI is InChI=1S/C12H23N/c1-2-10-13-11-9-12-7-5-3-4-6-8-12/h2,12-13H,1,3-11H2. The van der Waals surface area contributed by atoms with Gasteiger partial charge in [-0.05, 0) is 18.9 Å². The van der Waals surface area contributed by atoms with Crippen molar-refractivity contribution < 1.29 is 0 Å². The van der Waals surface area contributed by atoms with Crippen LogP contribution in [0.4, 0.5) is 0 Å². The molecule has 0 atom stereocenters. The van der Waals surface area contributed by atoms with Crippen LogP contribution in [0.3, 0.4) is 0 Å². The smallest absolute Gasteiger partial charge is 0.0132 e. The second-order valence-electron chi connectivity index (χ2n) is 4.14. The van der Waals surface area contributed by atoms with Gasteiger partial charge < -0.3 is 5.32 Å². The van der Waals surface area contributed by atoms with Gasteiger partial charge in [0.15, 0.2) is 0 Å². The molecule has 1 saturated carbocycles. The molecule has 0 spiro atoms. The SMILES string of the molecule is C=CCNCCC1CCCCCC1. The van der Waals surface area contributed by atoms with Gasteiger partial charge in [0.2, 0.25) is 0 Å². The third-order valence-corrected chi connectivity index (χ3v) is 2.99. The average molecular weight is 181 g/mol. The minimum Gasteiger partial charge on any atom is -0.313 e. The Morgan fingerprint density at radius 2 is 1.85 bits per heavy atom. The van der Waals surface area contributed by atoms with E-state index in [9.17, 15) is 0 Å². The molecule has 13 heavy (non-hydrogen) atoms. The van der Waals surface area contributed by atoms with Crippen LogP contribution in [0.15, 0.2) is 12.7 Å². The second-order valence-corrected chi connectivity index (χ2v) is 4.14. The fourth-order valence-electron chi connectivity index (χ4n) is 2.16. The van der Waals surface area contributed by atoms with Gasteiger partial charge in [-0.25, -0.2) is 0 Å². The van der Waals surface area contributed by atoms with Crippen molar-refractivity contribution in [1.29, 1.82) is 0 Å². The summed E-state index contributed by atoms with van der Waals surface area (Å²) in [4.78, 5) is 0. The molecule has 0 heterocycles. The monoisotopic (exact) mass is 181 g/mol. The minimum atomic E-state index is 0.965. The summed E-state index contributed by atoms with van der Waals surface area (Å²) in [5.74, 6) is 1.000. The van der Waals surface area contributed by atoms with Crippen LogP contribution >= 0.6 is 0 Å². The summed E-state index contributed by atoms with van der Waals surface area (Å²) in [6.07, 6.45) is 12.1. The van der Waals surface area contributed by atoms with Crippen LogP contribution in [0.1, 0.15) is 44.9 Å². The van der Waals surface area contributed by atoms with Crippen LogP contribution in [0.25, 0.3) is 0 Å². The van der Waals surface area contributed by atoms with Gasteiger partial charge in [0.05, 0.1) is 0 Å². The lowest BCUT2D eigenvalue weighted by molar-refractivity contribution is 0.419. The number of hydrogen-bond acceptors (Lipinski definition) is 1. The van der Waals surface area contributed by atoms with E-state index in [0.717, 1.165) is 12.5 Å². The van der Waals surface area contributed by atoms with E-state index < -0.39 is 0 Å². The molecule has 1 fully saturated rings. The van der Waals surface area contributed by atoms with Gasteiger partial charge in [0.25, 0.3) is 0 Å². The Morgan fingerprint density at radius 1 is 1.15 bits per heavy atom. The summed E-state index contributed by atoms with van der Waals surface area (Å²) in [5, 5.41) is 3.38. The van der Waals surface area contributed by atoms with Gasteiger partial charge >= 0.3 is 0 Å². The summed E-state index contributed by atoms with van der Waals surface area (Å²) in [6.45, 7) is 5.84. The maximum absolute atomic E-state index is 3.70. The topological polar surface area (TPSA) is 12.0 Å². The lowest BCUT2D eigenvalue weighted by Gasteiger charge is -2.13. The van der Waals surface area contributed by atoms with Crippen LogP contribution in [0.5, 0.6) is 0 Å². The highest BCUT2D eigenvalue weighted by molar-refractivity contribution is 4.71. The first-order valence-corrected chi connectivity index (χ1v) is 5.75. The predicted octanol–water partition coefficient (Wildman–Crippen LogP) is 3.12. The normalized spacial score (nSPS) is 19.7. The first-order valence-electron chi connectivity index (χ1n) is 5.75. The van der Waals surface area contributed by atoms with Gasteiger partial charge in [-0.1, -0.05) is 44.6 Å². The first kappa shape index (κ1) is 10.8. The van der Waals surface area contributed by atoms with Crippen molar-refractivity contribution in [2.24, 2.45) is 5.92 Å². The molecule has 0 aromatic heterocycles. The Morgan fingerprint density at radius 3 is 2.46 bits per heavy atom. The van der Waals surface area contributed by atoms with Gasteiger partial charge in [-0.15, -0.1) is 6.58 Å². The van der Waals surface area contributed by atoms with E-state index >= 15 is 0 Å². The highest BCUT2D eigenvalue weighted by Crippen LogP contribution is 2.24. The van der Waals surface area contributed by atoms with Gasteiger partial charge in [-0.2, -0.15) is 0 Å². The maximum atomic E-state index is 3.70. The fourth-order valence-corrected chi connectivity index (χ4v) is 2.16. The number of rotatable bonds is 5. The quantitative estimate of drug-likeness (QED) is 0.390.